The quantitative estimate of drug-likeness (QED) is 0.858. The zero-order valence-corrected chi connectivity index (χ0v) is 10.0. The number of aryl methyl sites for hydroxylation is 2. The molecule has 1 N–H and O–H groups in total. The van der Waals surface area contributed by atoms with Crippen LogP contribution in [0.2, 0.25) is 0 Å². The molecule has 0 fully saturated rings. The van der Waals surface area contributed by atoms with Crippen molar-refractivity contribution in [1.82, 2.24) is 20.0 Å². The molecule has 2 aromatic rings. The van der Waals surface area contributed by atoms with E-state index in [2.05, 4.69) is 15.3 Å². The molecule has 5 heteroatoms. The van der Waals surface area contributed by atoms with E-state index >= 15 is 0 Å². The van der Waals surface area contributed by atoms with E-state index in [0.717, 1.165) is 18.5 Å². The third kappa shape index (κ3) is 3.10. The van der Waals surface area contributed by atoms with Crippen LogP contribution in [0.3, 0.4) is 0 Å². The van der Waals surface area contributed by atoms with Crippen LogP contribution in [0.4, 0.5) is 0 Å². The van der Waals surface area contributed by atoms with E-state index in [1.165, 1.54) is 0 Å². The summed E-state index contributed by atoms with van der Waals surface area (Å²) in [5, 5.41) is 17.7. The highest BCUT2D eigenvalue weighted by Crippen LogP contribution is 2.15. The van der Waals surface area contributed by atoms with Crippen LogP contribution < -0.4 is 0 Å². The van der Waals surface area contributed by atoms with Crippen LogP contribution in [0.15, 0.2) is 30.7 Å². The first-order chi connectivity index (χ1) is 8.05. The lowest BCUT2D eigenvalue weighted by molar-refractivity contribution is 0.0737. The minimum atomic E-state index is -0.938. The first kappa shape index (κ1) is 11.7. The van der Waals surface area contributed by atoms with Gasteiger partial charge in [-0.2, -0.15) is 0 Å². The summed E-state index contributed by atoms with van der Waals surface area (Å²) in [5.41, 5.74) is 0.809. The Bertz CT molecular complexity index is 473. The standard InChI is InChI=1S/C12H16N4O/c1-12(2,17)11-9-16(15-14-11)7-5-10-4-3-6-13-8-10/h3-4,6,8-9,17H,5,7H2,1-2H3. The first-order valence-electron chi connectivity index (χ1n) is 5.57. The molecule has 0 aromatic carbocycles. The van der Waals surface area contributed by atoms with Crippen molar-refractivity contribution in [2.24, 2.45) is 0 Å². The summed E-state index contributed by atoms with van der Waals surface area (Å²) in [4.78, 5) is 4.06. The third-order valence-corrected chi connectivity index (χ3v) is 2.52. The van der Waals surface area contributed by atoms with E-state index in [0.29, 0.717) is 5.69 Å². The molecule has 0 saturated heterocycles. The van der Waals surface area contributed by atoms with E-state index < -0.39 is 5.60 Å². The Morgan fingerprint density at radius 3 is 2.82 bits per heavy atom. The largest absolute Gasteiger partial charge is 0.384 e. The maximum atomic E-state index is 9.76. The van der Waals surface area contributed by atoms with Crippen molar-refractivity contribution in [3.8, 4) is 0 Å². The number of aromatic nitrogens is 4. The van der Waals surface area contributed by atoms with Gasteiger partial charge in [0, 0.05) is 18.9 Å². The summed E-state index contributed by atoms with van der Waals surface area (Å²) in [6.45, 7) is 4.12. The number of rotatable bonds is 4. The zero-order valence-electron chi connectivity index (χ0n) is 10.0. The predicted octanol–water partition coefficient (Wildman–Crippen LogP) is 1.14. The molecule has 0 atom stereocenters. The average Bonchev–Trinajstić information content (AvgIpc) is 2.76. The molecule has 0 aliphatic heterocycles. The van der Waals surface area contributed by atoms with Gasteiger partial charge in [0.05, 0.1) is 6.20 Å². The second-order valence-electron chi connectivity index (χ2n) is 4.54. The van der Waals surface area contributed by atoms with Crippen LogP contribution in [-0.2, 0) is 18.6 Å². The smallest absolute Gasteiger partial charge is 0.114 e. The van der Waals surface area contributed by atoms with Gasteiger partial charge in [0.25, 0.3) is 0 Å². The molecule has 2 rings (SSSR count). The highest BCUT2D eigenvalue weighted by Gasteiger charge is 2.19. The number of pyridine rings is 1. The van der Waals surface area contributed by atoms with Crippen LogP contribution in [0.5, 0.6) is 0 Å². The second-order valence-corrected chi connectivity index (χ2v) is 4.54. The Balaban J connectivity index is 1.99. The Morgan fingerprint density at radius 2 is 2.24 bits per heavy atom. The lowest BCUT2D eigenvalue weighted by Gasteiger charge is -2.11. The van der Waals surface area contributed by atoms with Crippen molar-refractivity contribution in [3.05, 3.63) is 42.0 Å². The van der Waals surface area contributed by atoms with Crippen molar-refractivity contribution >= 4 is 0 Å². The highest BCUT2D eigenvalue weighted by molar-refractivity contribution is 5.08. The van der Waals surface area contributed by atoms with Gasteiger partial charge in [-0.3, -0.25) is 9.67 Å². The Hall–Kier alpha value is -1.75. The van der Waals surface area contributed by atoms with E-state index in [9.17, 15) is 5.11 Å². The molecule has 0 aliphatic rings. The third-order valence-electron chi connectivity index (χ3n) is 2.52. The number of hydrogen-bond acceptors (Lipinski definition) is 4. The molecule has 0 aliphatic carbocycles. The maximum absolute atomic E-state index is 9.76. The van der Waals surface area contributed by atoms with Gasteiger partial charge in [0.2, 0.25) is 0 Å². The van der Waals surface area contributed by atoms with Crippen LogP contribution in [0, 0.1) is 0 Å². The van der Waals surface area contributed by atoms with Gasteiger partial charge in [0.15, 0.2) is 0 Å². The summed E-state index contributed by atoms with van der Waals surface area (Å²) in [6.07, 6.45) is 6.22. The topological polar surface area (TPSA) is 63.8 Å². The van der Waals surface area contributed by atoms with Crippen LogP contribution in [-0.4, -0.2) is 25.1 Å². The number of nitrogens with zero attached hydrogens (tertiary/aromatic N) is 4. The van der Waals surface area contributed by atoms with Crippen molar-refractivity contribution in [3.63, 3.8) is 0 Å². The molecule has 2 aromatic heterocycles. The Kier molecular flexibility index (Phi) is 3.19. The molecule has 90 valence electrons. The van der Waals surface area contributed by atoms with E-state index in [4.69, 9.17) is 0 Å². The fourth-order valence-electron chi connectivity index (χ4n) is 1.48. The predicted molar refractivity (Wildman–Crippen MR) is 63.2 cm³/mol. The molecule has 0 bridgehead atoms. The summed E-state index contributed by atoms with van der Waals surface area (Å²) < 4.78 is 1.74. The SMILES string of the molecule is CC(C)(O)c1cn(CCc2cccnc2)nn1. The molecule has 0 unspecified atom stereocenters. The number of hydrogen-bond donors (Lipinski definition) is 1. The molecular weight excluding hydrogens is 216 g/mol. The minimum Gasteiger partial charge on any atom is -0.384 e. The van der Waals surface area contributed by atoms with Crippen LogP contribution in [0.1, 0.15) is 25.1 Å². The van der Waals surface area contributed by atoms with Crippen LogP contribution in [0.25, 0.3) is 0 Å². The van der Waals surface area contributed by atoms with Gasteiger partial charge in [-0.05, 0) is 31.9 Å². The van der Waals surface area contributed by atoms with Crippen LogP contribution >= 0.6 is 0 Å². The summed E-state index contributed by atoms with van der Waals surface area (Å²) in [7, 11) is 0. The summed E-state index contributed by atoms with van der Waals surface area (Å²) in [5.74, 6) is 0. The van der Waals surface area contributed by atoms with E-state index in [1.54, 1.807) is 30.9 Å². The average molecular weight is 232 g/mol. The molecule has 5 nitrogen and oxygen atoms in total. The fraction of sp³-hybridized carbons (Fsp3) is 0.417. The van der Waals surface area contributed by atoms with Gasteiger partial charge >= 0.3 is 0 Å². The maximum Gasteiger partial charge on any atom is 0.114 e. The highest BCUT2D eigenvalue weighted by atomic mass is 16.3. The molecule has 0 amide bonds. The first-order valence-corrected chi connectivity index (χ1v) is 5.57. The van der Waals surface area contributed by atoms with Gasteiger partial charge in [0.1, 0.15) is 11.3 Å². The monoisotopic (exact) mass is 232 g/mol. The second kappa shape index (κ2) is 4.63. The summed E-state index contributed by atoms with van der Waals surface area (Å²) >= 11 is 0. The normalized spacial score (nSPS) is 11.7. The molecule has 2 heterocycles. The van der Waals surface area contributed by atoms with Gasteiger partial charge in [-0.1, -0.05) is 11.3 Å². The van der Waals surface area contributed by atoms with E-state index in [1.807, 2.05) is 18.3 Å². The summed E-state index contributed by atoms with van der Waals surface area (Å²) in [6, 6.07) is 3.94. The van der Waals surface area contributed by atoms with Crippen molar-refractivity contribution in [1.29, 1.82) is 0 Å². The van der Waals surface area contributed by atoms with Crippen molar-refractivity contribution in [2.45, 2.75) is 32.4 Å². The molecule has 0 spiro atoms. The Labute approximate surface area is 100 Å². The lowest BCUT2D eigenvalue weighted by atomic mass is 10.1. The molecule has 0 saturated carbocycles. The van der Waals surface area contributed by atoms with Gasteiger partial charge < -0.3 is 5.11 Å². The number of aliphatic hydroxyl groups is 1. The minimum absolute atomic E-state index is 0.587. The fourth-order valence-corrected chi connectivity index (χ4v) is 1.48. The van der Waals surface area contributed by atoms with Gasteiger partial charge in [-0.15, -0.1) is 5.10 Å². The van der Waals surface area contributed by atoms with E-state index in [-0.39, 0.29) is 0 Å². The van der Waals surface area contributed by atoms with Gasteiger partial charge in [-0.25, -0.2) is 0 Å². The molecule has 17 heavy (non-hydrogen) atoms. The molecular formula is C12H16N4O. The lowest BCUT2D eigenvalue weighted by Crippen LogP contribution is -2.15. The van der Waals surface area contributed by atoms with Crippen molar-refractivity contribution < 1.29 is 5.11 Å². The zero-order chi connectivity index (χ0) is 12.3. The van der Waals surface area contributed by atoms with Crippen molar-refractivity contribution in [2.75, 3.05) is 0 Å². The molecule has 0 radical (unpaired) electrons. The Morgan fingerprint density at radius 1 is 1.41 bits per heavy atom.